The van der Waals surface area contributed by atoms with Crippen molar-refractivity contribution in [3.05, 3.63) is 212 Å². The lowest BCUT2D eigenvalue weighted by atomic mass is 9.35. The minimum Gasteiger partial charge on any atom is -0.0683 e. The molecule has 0 unspecified atom stereocenters. The van der Waals surface area contributed by atoms with Gasteiger partial charge in [-0.25, -0.2) is 0 Å². The van der Waals surface area contributed by atoms with Crippen LogP contribution in [0.4, 0.5) is 0 Å². The van der Waals surface area contributed by atoms with Gasteiger partial charge in [-0.2, -0.15) is 0 Å². The van der Waals surface area contributed by atoms with Gasteiger partial charge in [-0.1, -0.05) is 519 Å². The lowest BCUT2D eigenvalue weighted by Gasteiger charge is -2.68. The molecular weight excluding hydrogens is 1470 g/mol. The summed E-state index contributed by atoms with van der Waals surface area (Å²) in [5.41, 5.74) is 24.4. The third-order valence-electron chi connectivity index (χ3n) is 36.3. The summed E-state index contributed by atoms with van der Waals surface area (Å²) < 4.78 is 0. The average molecular weight is 1680 g/mol. The summed E-state index contributed by atoms with van der Waals surface area (Å²) in [6.07, 6.45) is 13.6. The fourth-order valence-electron chi connectivity index (χ4n) is 30.5. The molecule has 0 saturated heterocycles. The molecule has 12 rings (SSSR count). The molecule has 122 heavy (non-hydrogen) atoms. The summed E-state index contributed by atoms with van der Waals surface area (Å²) >= 11 is 0. The molecule has 0 radical (unpaired) electrons. The molecule has 0 saturated carbocycles. The van der Waals surface area contributed by atoms with Crippen LogP contribution in [0.2, 0.25) is 0 Å². The molecule has 6 aliphatic rings. The maximum absolute atomic E-state index is 2.52. The fraction of sp³-hybridized carbons (Fsp3) is 0.705. The first-order chi connectivity index (χ1) is 56.2. The van der Waals surface area contributed by atoms with Gasteiger partial charge < -0.3 is 0 Å². The van der Waals surface area contributed by atoms with Gasteiger partial charge in [0, 0.05) is 32.5 Å². The Hall–Kier alpha value is -4.68. The second-order valence-corrected chi connectivity index (χ2v) is 45.7. The summed E-state index contributed by atoms with van der Waals surface area (Å²) in [5.74, 6) is 0. The molecule has 696 valence electrons. The SMILES string of the molecule is CC.CC.CC.CC.CC.CC.CC(C)(C)C1(C(C)(C)C)c2ccccc2C(C)(C)C1(C)C.CC1(C)CC(C)(C)c2ccccc21.CC1(C)c2ccccc2C(C)(C)C1(C)C.CCC1(CC)c2ccccc2C(C)(C)C1(C)C.CCC1(CC)c2ccccc2C(CC)(CC)C1(C(C)(C)C)C(C)(C)C.CCC1(CC)c2ccccc2C(CC)(CC)C1(C)C. The maximum atomic E-state index is 2.52. The van der Waals surface area contributed by atoms with Gasteiger partial charge in [0.1, 0.15) is 0 Å². The summed E-state index contributed by atoms with van der Waals surface area (Å²) in [5, 5.41) is 0. The number of benzene rings is 6. The molecule has 0 amide bonds. The molecule has 6 aromatic rings. The second kappa shape index (κ2) is 41.8. The minimum atomic E-state index is 0.132. The number of hydrogen-bond donors (Lipinski definition) is 0. The molecule has 0 fully saturated rings. The van der Waals surface area contributed by atoms with E-state index < -0.39 is 0 Å². The van der Waals surface area contributed by atoms with E-state index in [1.165, 1.54) is 81.8 Å². The highest BCUT2D eigenvalue weighted by molar-refractivity contribution is 5.57. The third kappa shape index (κ3) is 17.3. The van der Waals surface area contributed by atoms with Crippen LogP contribution in [0.1, 0.15) is 511 Å². The predicted molar refractivity (Wildman–Crippen MR) is 558 cm³/mol. The molecule has 6 aliphatic carbocycles. The van der Waals surface area contributed by atoms with E-state index in [1.54, 1.807) is 55.6 Å². The normalized spacial score (nSPS) is 20.8. The molecule has 0 heteroatoms. The van der Waals surface area contributed by atoms with Gasteiger partial charge in [-0.05, 0) is 219 Å². The third-order valence-corrected chi connectivity index (χ3v) is 36.3. The van der Waals surface area contributed by atoms with Crippen LogP contribution in [-0.2, 0) is 65.0 Å². The highest BCUT2D eigenvalue weighted by Crippen LogP contribution is 2.79. The van der Waals surface area contributed by atoms with Crippen molar-refractivity contribution in [3.63, 3.8) is 0 Å². The van der Waals surface area contributed by atoms with E-state index in [2.05, 4.69) is 436 Å². The molecule has 0 atom stereocenters. The lowest BCUT2D eigenvalue weighted by Crippen LogP contribution is -2.65. The molecule has 0 N–H and O–H groups in total. The van der Waals surface area contributed by atoms with E-state index in [0.717, 1.165) is 0 Å². The van der Waals surface area contributed by atoms with Crippen molar-refractivity contribution in [2.45, 2.75) is 509 Å². The Morgan fingerprint density at radius 2 is 0.352 bits per heavy atom. The summed E-state index contributed by atoms with van der Waals surface area (Å²) in [4.78, 5) is 0. The van der Waals surface area contributed by atoms with E-state index in [9.17, 15) is 0 Å². The van der Waals surface area contributed by atoms with Crippen molar-refractivity contribution in [2.75, 3.05) is 0 Å². The van der Waals surface area contributed by atoms with Crippen LogP contribution < -0.4 is 0 Å². The first-order valence-electron chi connectivity index (χ1n) is 50.8. The fourth-order valence-corrected chi connectivity index (χ4v) is 30.5. The van der Waals surface area contributed by atoms with Crippen LogP contribution in [0.15, 0.2) is 146 Å². The highest BCUT2D eigenvalue weighted by atomic mass is 14.8. The van der Waals surface area contributed by atoms with Crippen molar-refractivity contribution >= 4 is 0 Å². The molecular formula is C122H208. The first-order valence-corrected chi connectivity index (χ1v) is 50.8. The van der Waals surface area contributed by atoms with E-state index in [-0.39, 0.29) is 70.4 Å². The van der Waals surface area contributed by atoms with Crippen molar-refractivity contribution in [2.24, 2.45) is 48.7 Å². The standard InChI is InChI=1S/C25H42.C21H34.C19H30.C17H26.C15H22.C13H18.6C2H6/c1-11-23(12-2)19-17-15-16-18-20(19)24(13-3,14-4)25(23,21(5,6)7)22(8,9)10;1-17(2,3)21(18(4,5)6)16-14-12-11-13-15(16)19(7,8)20(21,9)10;1-7-18(8-2)15-13-11-12-14-16(15)19(9-3,10-4)17(18,5)6;1-7-17(8-2)14-12-10-9-11-13(14)15(3,4)16(17,5)6;1-13(2)11-9-7-8-10-12(11)14(3,4)15(13,5)6;1-12(2)9-13(3,4)11-8-6-5-7-10(11)12;6*1-2/h15-18H,11-14H2,1-10H3;11-14H,1-10H3;11-14H,7-10H2,1-6H3;9-12H,7-8H2,1-6H3;7-10H,1-6H3;5-8H,9H2,1-4H3;6*1-2H3. The van der Waals surface area contributed by atoms with E-state index in [4.69, 9.17) is 0 Å². The molecule has 0 bridgehead atoms. The van der Waals surface area contributed by atoms with E-state index in [0.29, 0.717) is 43.3 Å². The van der Waals surface area contributed by atoms with Crippen molar-refractivity contribution < 1.29 is 0 Å². The topological polar surface area (TPSA) is 0 Å². The summed E-state index contributed by atoms with van der Waals surface area (Å²) in [7, 11) is 0. The number of hydrogen-bond acceptors (Lipinski definition) is 0. The maximum Gasteiger partial charge on any atom is 0.0112 e. The smallest absolute Gasteiger partial charge is 0.0112 e. The van der Waals surface area contributed by atoms with Crippen LogP contribution >= 0.6 is 0 Å². The van der Waals surface area contributed by atoms with Crippen LogP contribution in [0, 0.1) is 48.7 Å². The lowest BCUT2D eigenvalue weighted by molar-refractivity contribution is -0.158. The zero-order valence-electron chi connectivity index (χ0n) is 92.1. The predicted octanol–water partition coefficient (Wildman–Crippen LogP) is 39.2. The van der Waals surface area contributed by atoms with Crippen molar-refractivity contribution in [1.29, 1.82) is 0 Å². The van der Waals surface area contributed by atoms with Crippen molar-refractivity contribution in [1.82, 2.24) is 0 Å². The molecule has 0 aliphatic heterocycles. The Kier molecular flexibility index (Phi) is 39.5. The van der Waals surface area contributed by atoms with Gasteiger partial charge in [0.25, 0.3) is 0 Å². The Morgan fingerprint density at radius 3 is 0.574 bits per heavy atom. The Labute approximate surface area is 765 Å². The second-order valence-electron chi connectivity index (χ2n) is 45.7. The van der Waals surface area contributed by atoms with Gasteiger partial charge in [0.15, 0.2) is 0 Å². The largest absolute Gasteiger partial charge is 0.0683 e. The van der Waals surface area contributed by atoms with Gasteiger partial charge in [-0.3, -0.25) is 0 Å². The number of fused-ring (bicyclic) bond motifs is 6. The van der Waals surface area contributed by atoms with E-state index >= 15 is 0 Å². The van der Waals surface area contributed by atoms with E-state index in [1.807, 2.05) is 83.1 Å². The monoisotopic (exact) mass is 1670 g/mol. The van der Waals surface area contributed by atoms with Gasteiger partial charge >= 0.3 is 0 Å². The molecule has 6 aromatic carbocycles. The van der Waals surface area contributed by atoms with Crippen LogP contribution in [0.25, 0.3) is 0 Å². The quantitative estimate of drug-likeness (QED) is 0.128. The Bertz CT molecular complexity index is 3930. The summed E-state index contributed by atoms with van der Waals surface area (Å²) in [6, 6.07) is 54.8. The van der Waals surface area contributed by atoms with Crippen LogP contribution in [0.3, 0.4) is 0 Å². The van der Waals surface area contributed by atoms with Crippen molar-refractivity contribution in [3.8, 4) is 0 Å². The molecule has 0 aromatic heterocycles. The van der Waals surface area contributed by atoms with Crippen LogP contribution in [-0.4, -0.2) is 0 Å². The summed E-state index contributed by atoms with van der Waals surface area (Å²) in [6.45, 7) is 126. The Morgan fingerprint density at radius 1 is 0.189 bits per heavy atom. The zero-order valence-corrected chi connectivity index (χ0v) is 92.1. The minimum absolute atomic E-state index is 0.132. The Balaban J connectivity index is 0.000000719. The van der Waals surface area contributed by atoms with Gasteiger partial charge in [0.05, 0.1) is 0 Å². The first kappa shape index (κ1) is 115. The van der Waals surface area contributed by atoms with Crippen LogP contribution in [0.5, 0.6) is 0 Å². The van der Waals surface area contributed by atoms with Gasteiger partial charge in [0.2, 0.25) is 0 Å². The zero-order chi connectivity index (χ0) is 96.2. The van der Waals surface area contributed by atoms with Gasteiger partial charge in [-0.15, -0.1) is 0 Å². The average Bonchev–Trinajstić information content (AvgIpc) is 1.47. The number of rotatable bonds is 10. The molecule has 0 heterocycles. The molecule has 0 spiro atoms. The molecule has 0 nitrogen and oxygen atoms in total. The highest BCUT2D eigenvalue weighted by Gasteiger charge is 2.75.